The quantitative estimate of drug-likeness (QED) is 0.139. The van der Waals surface area contributed by atoms with Crippen LogP contribution in [0.25, 0.3) is 11.1 Å². The molecule has 4 rings (SSSR count). The van der Waals surface area contributed by atoms with Gasteiger partial charge in [-0.05, 0) is 85.9 Å². The average Bonchev–Trinajstić information content (AvgIpc) is 2.95. The van der Waals surface area contributed by atoms with Gasteiger partial charge in [-0.15, -0.1) is 0 Å². The van der Waals surface area contributed by atoms with Crippen molar-refractivity contribution in [2.45, 2.75) is 70.8 Å². The van der Waals surface area contributed by atoms with Gasteiger partial charge in [0.25, 0.3) is 0 Å². The van der Waals surface area contributed by atoms with Crippen molar-refractivity contribution in [3.8, 4) is 22.6 Å². The number of hydrogen-bond acceptors (Lipinski definition) is 4. The van der Waals surface area contributed by atoms with Gasteiger partial charge in [0.2, 0.25) is 5.82 Å². The van der Waals surface area contributed by atoms with E-state index in [2.05, 4.69) is 6.92 Å². The summed E-state index contributed by atoms with van der Waals surface area (Å²) in [7, 11) is 0. The van der Waals surface area contributed by atoms with Gasteiger partial charge in [0.05, 0.1) is 18.3 Å². The lowest BCUT2D eigenvalue weighted by atomic mass is 9.82. The molecular formula is C32H35F3O4. The molecule has 0 unspecified atom stereocenters. The predicted molar refractivity (Wildman–Crippen MR) is 145 cm³/mol. The molecule has 39 heavy (non-hydrogen) atoms. The number of esters is 1. The van der Waals surface area contributed by atoms with Crippen LogP contribution in [0.1, 0.15) is 80.6 Å². The van der Waals surface area contributed by atoms with Gasteiger partial charge in [-0.3, -0.25) is 0 Å². The summed E-state index contributed by atoms with van der Waals surface area (Å²) >= 11 is 0. The summed E-state index contributed by atoms with van der Waals surface area (Å²) < 4.78 is 61.0. The van der Waals surface area contributed by atoms with Crippen molar-refractivity contribution in [2.24, 2.45) is 0 Å². The van der Waals surface area contributed by atoms with Crippen molar-refractivity contribution in [2.75, 3.05) is 13.2 Å². The van der Waals surface area contributed by atoms with E-state index in [9.17, 15) is 18.0 Å². The number of benzene rings is 3. The summed E-state index contributed by atoms with van der Waals surface area (Å²) in [5.74, 6) is -3.54. The molecule has 1 fully saturated rings. The Hall–Kier alpha value is -3.32. The maximum atomic E-state index is 15.0. The highest BCUT2D eigenvalue weighted by Crippen LogP contribution is 2.37. The first kappa shape index (κ1) is 28.7. The van der Waals surface area contributed by atoms with Crippen molar-refractivity contribution in [1.82, 2.24) is 0 Å². The minimum Gasteiger partial charge on any atom is -0.493 e. The number of ether oxygens (including phenoxy) is 3. The fourth-order valence-corrected chi connectivity index (χ4v) is 4.86. The predicted octanol–water partition coefficient (Wildman–Crippen LogP) is 8.62. The standard InChI is InChI=1S/C32H35F3O4/c1-3-5-19-38-25-14-15-26(28(33)20-25)21-6-8-23(9-7-21)32(36)39-29-17-16-27(30(34)31(29)35)22-10-12-24(13-11-22)37-18-4-2/h6-9,14-17,20,22,24H,3-5,10-13,18-19H2,1-2H3. The van der Waals surface area contributed by atoms with Crippen LogP contribution in [0.5, 0.6) is 11.5 Å². The minimum atomic E-state index is -1.18. The van der Waals surface area contributed by atoms with Gasteiger partial charge in [-0.2, -0.15) is 4.39 Å². The summed E-state index contributed by atoms with van der Waals surface area (Å²) in [4.78, 5) is 12.7. The molecular weight excluding hydrogens is 505 g/mol. The van der Waals surface area contributed by atoms with Gasteiger partial charge >= 0.3 is 5.97 Å². The lowest BCUT2D eigenvalue weighted by Crippen LogP contribution is -2.22. The summed E-state index contributed by atoms with van der Waals surface area (Å²) in [6, 6.07) is 13.5. The second kappa shape index (κ2) is 13.7. The van der Waals surface area contributed by atoms with Gasteiger partial charge in [-0.1, -0.05) is 38.5 Å². The lowest BCUT2D eigenvalue weighted by molar-refractivity contribution is 0.0248. The molecule has 3 aromatic rings. The highest BCUT2D eigenvalue weighted by Gasteiger charge is 2.27. The lowest BCUT2D eigenvalue weighted by Gasteiger charge is -2.29. The Morgan fingerprint density at radius 1 is 0.846 bits per heavy atom. The number of rotatable bonds is 11. The zero-order valence-electron chi connectivity index (χ0n) is 22.5. The fourth-order valence-electron chi connectivity index (χ4n) is 4.86. The molecule has 1 aliphatic carbocycles. The van der Waals surface area contributed by atoms with E-state index in [-0.39, 0.29) is 17.6 Å². The summed E-state index contributed by atoms with van der Waals surface area (Å²) in [5, 5.41) is 0. The van der Waals surface area contributed by atoms with Gasteiger partial charge < -0.3 is 14.2 Å². The zero-order chi connectivity index (χ0) is 27.8. The van der Waals surface area contributed by atoms with Crippen LogP contribution >= 0.6 is 0 Å². The third-order valence-electron chi connectivity index (χ3n) is 7.09. The Balaban J connectivity index is 1.39. The van der Waals surface area contributed by atoms with E-state index >= 15 is 0 Å². The van der Waals surface area contributed by atoms with Gasteiger partial charge in [0, 0.05) is 18.2 Å². The first-order chi connectivity index (χ1) is 18.9. The molecule has 1 aliphatic rings. The van der Waals surface area contributed by atoms with E-state index in [1.165, 1.54) is 30.3 Å². The van der Waals surface area contributed by atoms with Gasteiger partial charge in [0.15, 0.2) is 11.6 Å². The second-order valence-electron chi connectivity index (χ2n) is 9.94. The highest BCUT2D eigenvalue weighted by atomic mass is 19.2. The minimum absolute atomic E-state index is 0.101. The van der Waals surface area contributed by atoms with Crippen LogP contribution < -0.4 is 9.47 Å². The molecule has 0 amide bonds. The number of unbranched alkanes of at least 4 members (excludes halogenated alkanes) is 1. The number of halogens is 3. The van der Waals surface area contributed by atoms with E-state index in [0.717, 1.165) is 32.1 Å². The van der Waals surface area contributed by atoms with Crippen molar-refractivity contribution in [3.05, 3.63) is 83.2 Å². The van der Waals surface area contributed by atoms with Crippen LogP contribution in [0.15, 0.2) is 54.6 Å². The van der Waals surface area contributed by atoms with E-state index in [1.54, 1.807) is 24.3 Å². The maximum absolute atomic E-state index is 15.0. The molecule has 0 atom stereocenters. The molecule has 7 heteroatoms. The Morgan fingerprint density at radius 2 is 1.59 bits per heavy atom. The Bertz CT molecular complexity index is 1250. The first-order valence-corrected chi connectivity index (χ1v) is 13.8. The highest BCUT2D eigenvalue weighted by molar-refractivity contribution is 5.91. The largest absolute Gasteiger partial charge is 0.493 e. The molecule has 3 aromatic carbocycles. The Morgan fingerprint density at radius 3 is 2.26 bits per heavy atom. The monoisotopic (exact) mass is 540 g/mol. The van der Waals surface area contributed by atoms with Crippen LogP contribution in [0.2, 0.25) is 0 Å². The van der Waals surface area contributed by atoms with E-state index in [1.807, 2.05) is 6.92 Å². The van der Waals surface area contributed by atoms with Gasteiger partial charge in [0.1, 0.15) is 11.6 Å². The molecule has 208 valence electrons. The molecule has 4 nitrogen and oxygen atoms in total. The van der Waals surface area contributed by atoms with Gasteiger partial charge in [-0.25, -0.2) is 13.6 Å². The van der Waals surface area contributed by atoms with Crippen molar-refractivity contribution in [1.29, 1.82) is 0 Å². The van der Waals surface area contributed by atoms with Crippen molar-refractivity contribution in [3.63, 3.8) is 0 Å². The SMILES string of the molecule is CCCCOc1ccc(-c2ccc(C(=O)Oc3ccc(C4CCC(OCCC)CC4)c(F)c3F)cc2)c(F)c1. The molecule has 0 heterocycles. The second-order valence-corrected chi connectivity index (χ2v) is 9.94. The average molecular weight is 541 g/mol. The molecule has 0 aliphatic heterocycles. The van der Waals surface area contributed by atoms with E-state index in [4.69, 9.17) is 14.2 Å². The zero-order valence-corrected chi connectivity index (χ0v) is 22.5. The van der Waals surface area contributed by atoms with E-state index < -0.39 is 29.2 Å². The van der Waals surface area contributed by atoms with Crippen LogP contribution in [-0.4, -0.2) is 25.3 Å². The third kappa shape index (κ3) is 7.21. The van der Waals surface area contributed by atoms with Crippen molar-refractivity contribution < 1.29 is 32.2 Å². The van der Waals surface area contributed by atoms with Crippen LogP contribution in [0.4, 0.5) is 13.2 Å². The van der Waals surface area contributed by atoms with E-state index in [0.29, 0.717) is 48.5 Å². The summed E-state index contributed by atoms with van der Waals surface area (Å²) in [6.45, 7) is 5.34. The smallest absolute Gasteiger partial charge is 0.343 e. The maximum Gasteiger partial charge on any atom is 0.343 e. The Labute approximate surface area is 228 Å². The van der Waals surface area contributed by atoms with Crippen LogP contribution in [-0.2, 0) is 4.74 Å². The number of carbonyl (C=O) groups is 1. The third-order valence-corrected chi connectivity index (χ3v) is 7.09. The molecule has 0 bridgehead atoms. The summed E-state index contributed by atoms with van der Waals surface area (Å²) in [5.41, 5.74) is 1.34. The normalized spacial score (nSPS) is 17.2. The number of carbonyl (C=O) groups excluding carboxylic acids is 1. The van der Waals surface area contributed by atoms with Crippen LogP contribution in [0.3, 0.4) is 0 Å². The molecule has 0 spiro atoms. The number of hydrogen-bond donors (Lipinski definition) is 0. The molecule has 1 saturated carbocycles. The molecule has 0 saturated heterocycles. The fraction of sp³-hybridized carbons (Fsp3) is 0.406. The molecule has 0 aromatic heterocycles. The van der Waals surface area contributed by atoms with Crippen LogP contribution in [0, 0.1) is 17.5 Å². The van der Waals surface area contributed by atoms with Crippen molar-refractivity contribution >= 4 is 5.97 Å². The molecule has 0 N–H and O–H groups in total. The topological polar surface area (TPSA) is 44.8 Å². The summed E-state index contributed by atoms with van der Waals surface area (Å²) in [6.07, 6.45) is 6.03. The first-order valence-electron chi connectivity index (χ1n) is 13.8. The molecule has 0 radical (unpaired) electrons. The Kier molecular flexibility index (Phi) is 10.0.